The summed E-state index contributed by atoms with van der Waals surface area (Å²) >= 11 is 0. The molecule has 7 heteroatoms. The van der Waals surface area contributed by atoms with E-state index in [2.05, 4.69) is 10.6 Å². The lowest BCUT2D eigenvalue weighted by atomic mass is 10.2. The number of nitrogens with one attached hydrogen (secondary N) is 2. The van der Waals surface area contributed by atoms with Crippen LogP contribution in [-0.2, 0) is 16.1 Å². The summed E-state index contributed by atoms with van der Waals surface area (Å²) in [4.78, 5) is 33.7. The molecule has 0 bridgehead atoms. The van der Waals surface area contributed by atoms with E-state index in [1.807, 2.05) is 18.2 Å². The Hall–Kier alpha value is -3.22. The number of hydrogen-bond donors (Lipinski definition) is 2. The number of rotatable bonds is 4. The highest BCUT2D eigenvalue weighted by atomic mass is 16.6. The maximum Gasteiger partial charge on any atom is 0.313 e. The average Bonchev–Trinajstić information content (AvgIpc) is 2.53. The zero-order valence-electron chi connectivity index (χ0n) is 11.5. The normalized spacial score (nSPS) is 9.82. The number of carbonyl (C=O) groups is 2. The Morgan fingerprint density at radius 3 is 2.27 bits per heavy atom. The number of amides is 2. The first kappa shape index (κ1) is 15.2. The van der Waals surface area contributed by atoms with E-state index in [0.29, 0.717) is 0 Å². The molecule has 0 aliphatic rings. The summed E-state index contributed by atoms with van der Waals surface area (Å²) in [5.74, 6) is -1.81. The van der Waals surface area contributed by atoms with Gasteiger partial charge < -0.3 is 10.6 Å². The van der Waals surface area contributed by atoms with Crippen molar-refractivity contribution in [3.8, 4) is 0 Å². The fourth-order valence-electron chi connectivity index (χ4n) is 1.78. The third kappa shape index (κ3) is 3.89. The molecule has 0 saturated carbocycles. The lowest BCUT2D eigenvalue weighted by Crippen LogP contribution is -2.35. The molecule has 7 nitrogen and oxygen atoms in total. The molecular weight excluding hydrogens is 286 g/mol. The Labute approximate surface area is 126 Å². The summed E-state index contributed by atoms with van der Waals surface area (Å²) in [6.07, 6.45) is 0. The van der Waals surface area contributed by atoms with Crippen molar-refractivity contribution in [1.29, 1.82) is 0 Å². The average molecular weight is 299 g/mol. The number of hydrogen-bond acceptors (Lipinski definition) is 4. The molecule has 0 aliphatic heterocycles. The number of para-hydroxylation sites is 2. The van der Waals surface area contributed by atoms with E-state index in [1.54, 1.807) is 12.1 Å². The van der Waals surface area contributed by atoms with Crippen LogP contribution in [0.4, 0.5) is 11.4 Å². The van der Waals surface area contributed by atoms with Gasteiger partial charge in [-0.1, -0.05) is 42.5 Å². The smallest absolute Gasteiger partial charge is 0.313 e. The van der Waals surface area contributed by atoms with E-state index >= 15 is 0 Å². The second-order valence-electron chi connectivity index (χ2n) is 4.40. The van der Waals surface area contributed by atoms with E-state index in [9.17, 15) is 19.7 Å². The van der Waals surface area contributed by atoms with Crippen LogP contribution >= 0.6 is 0 Å². The Bertz CT molecular complexity index is 701. The Morgan fingerprint density at radius 2 is 1.59 bits per heavy atom. The molecule has 0 aliphatic carbocycles. The molecular formula is C15H13N3O4. The highest BCUT2D eigenvalue weighted by Gasteiger charge is 2.19. The van der Waals surface area contributed by atoms with Crippen LogP contribution < -0.4 is 10.6 Å². The summed E-state index contributed by atoms with van der Waals surface area (Å²) in [7, 11) is 0. The molecule has 0 aromatic heterocycles. The molecule has 2 aromatic rings. The fourth-order valence-corrected chi connectivity index (χ4v) is 1.78. The maximum atomic E-state index is 11.8. The standard InChI is InChI=1S/C15H13N3O4/c19-14(16-10-11-6-2-1-3-7-11)15(20)17-12-8-4-5-9-13(12)18(21)22/h1-9H,10H2,(H,16,19)(H,17,20). The molecule has 112 valence electrons. The highest BCUT2D eigenvalue weighted by molar-refractivity contribution is 6.39. The lowest BCUT2D eigenvalue weighted by Gasteiger charge is -2.07. The van der Waals surface area contributed by atoms with Crippen LogP contribution in [0.5, 0.6) is 0 Å². The second-order valence-corrected chi connectivity index (χ2v) is 4.40. The minimum atomic E-state index is -0.953. The first-order chi connectivity index (χ1) is 10.6. The third-order valence-corrected chi connectivity index (χ3v) is 2.85. The predicted octanol–water partition coefficient (Wildman–Crippen LogP) is 1.85. The van der Waals surface area contributed by atoms with Crippen LogP contribution in [-0.4, -0.2) is 16.7 Å². The number of benzene rings is 2. The van der Waals surface area contributed by atoms with Gasteiger partial charge in [-0.3, -0.25) is 19.7 Å². The van der Waals surface area contributed by atoms with Crippen molar-refractivity contribution < 1.29 is 14.5 Å². The second kappa shape index (κ2) is 6.98. The Kier molecular flexibility index (Phi) is 4.81. The number of nitro groups is 1. The molecule has 2 N–H and O–H groups in total. The van der Waals surface area contributed by atoms with Gasteiger partial charge in [-0.2, -0.15) is 0 Å². The van der Waals surface area contributed by atoms with Gasteiger partial charge >= 0.3 is 11.8 Å². The van der Waals surface area contributed by atoms with Crippen molar-refractivity contribution in [1.82, 2.24) is 5.32 Å². The molecule has 0 fully saturated rings. The van der Waals surface area contributed by atoms with E-state index in [-0.39, 0.29) is 17.9 Å². The number of anilines is 1. The van der Waals surface area contributed by atoms with E-state index in [1.165, 1.54) is 24.3 Å². The topological polar surface area (TPSA) is 101 Å². The summed E-state index contributed by atoms with van der Waals surface area (Å²) in [6, 6.07) is 14.7. The molecule has 0 radical (unpaired) electrons. The van der Waals surface area contributed by atoms with Crippen molar-refractivity contribution in [2.45, 2.75) is 6.54 Å². The summed E-state index contributed by atoms with van der Waals surface area (Å²) in [6.45, 7) is 0.198. The van der Waals surface area contributed by atoms with Gasteiger partial charge in [0.1, 0.15) is 5.69 Å². The molecule has 0 unspecified atom stereocenters. The van der Waals surface area contributed by atoms with Crippen molar-refractivity contribution in [2.24, 2.45) is 0 Å². The number of nitrogens with zero attached hydrogens (tertiary/aromatic N) is 1. The SMILES string of the molecule is O=C(NCc1ccccc1)C(=O)Nc1ccccc1[N+](=O)[O-]. The van der Waals surface area contributed by atoms with Crippen molar-refractivity contribution in [2.75, 3.05) is 5.32 Å². The van der Waals surface area contributed by atoms with Crippen LogP contribution in [0.15, 0.2) is 54.6 Å². The first-order valence-electron chi connectivity index (χ1n) is 6.44. The Morgan fingerprint density at radius 1 is 0.955 bits per heavy atom. The minimum Gasteiger partial charge on any atom is -0.344 e. The lowest BCUT2D eigenvalue weighted by molar-refractivity contribution is -0.383. The third-order valence-electron chi connectivity index (χ3n) is 2.85. The van der Waals surface area contributed by atoms with Gasteiger partial charge in [-0.05, 0) is 11.6 Å². The van der Waals surface area contributed by atoms with Gasteiger partial charge in [0.25, 0.3) is 5.69 Å². The molecule has 0 spiro atoms. The van der Waals surface area contributed by atoms with Crippen molar-refractivity contribution in [3.63, 3.8) is 0 Å². The zero-order valence-corrected chi connectivity index (χ0v) is 11.5. The van der Waals surface area contributed by atoms with Crippen LogP contribution in [0.2, 0.25) is 0 Å². The van der Waals surface area contributed by atoms with Gasteiger partial charge in [0.15, 0.2) is 0 Å². The maximum absolute atomic E-state index is 11.8. The highest BCUT2D eigenvalue weighted by Crippen LogP contribution is 2.22. The van der Waals surface area contributed by atoms with Gasteiger partial charge in [-0.15, -0.1) is 0 Å². The molecule has 2 rings (SSSR count). The molecule has 0 atom stereocenters. The largest absolute Gasteiger partial charge is 0.344 e. The minimum absolute atomic E-state index is 0.0210. The fraction of sp³-hybridized carbons (Fsp3) is 0.0667. The molecule has 2 aromatic carbocycles. The summed E-state index contributed by atoms with van der Waals surface area (Å²) < 4.78 is 0. The van der Waals surface area contributed by atoms with Gasteiger partial charge in [0.05, 0.1) is 4.92 Å². The van der Waals surface area contributed by atoms with Gasteiger partial charge in [0.2, 0.25) is 0 Å². The van der Waals surface area contributed by atoms with Crippen LogP contribution in [0, 0.1) is 10.1 Å². The number of carbonyl (C=O) groups excluding carboxylic acids is 2. The van der Waals surface area contributed by atoms with Crippen LogP contribution in [0.25, 0.3) is 0 Å². The summed E-state index contributed by atoms with van der Waals surface area (Å²) in [5.41, 5.74) is 0.549. The van der Waals surface area contributed by atoms with Crippen molar-refractivity contribution in [3.05, 3.63) is 70.3 Å². The summed E-state index contributed by atoms with van der Waals surface area (Å²) in [5, 5.41) is 15.5. The van der Waals surface area contributed by atoms with Gasteiger partial charge in [0, 0.05) is 12.6 Å². The first-order valence-corrected chi connectivity index (χ1v) is 6.44. The zero-order chi connectivity index (χ0) is 15.9. The molecule has 2 amide bonds. The van der Waals surface area contributed by atoms with E-state index < -0.39 is 16.7 Å². The van der Waals surface area contributed by atoms with Crippen LogP contribution in [0.1, 0.15) is 5.56 Å². The quantitative estimate of drug-likeness (QED) is 0.511. The Balaban J connectivity index is 1.97. The van der Waals surface area contributed by atoms with Crippen LogP contribution in [0.3, 0.4) is 0 Å². The van der Waals surface area contributed by atoms with Gasteiger partial charge in [-0.25, -0.2) is 0 Å². The van der Waals surface area contributed by atoms with E-state index in [0.717, 1.165) is 5.56 Å². The number of nitro benzene ring substituents is 1. The van der Waals surface area contributed by atoms with Crippen molar-refractivity contribution >= 4 is 23.2 Å². The van der Waals surface area contributed by atoms with E-state index in [4.69, 9.17) is 0 Å². The predicted molar refractivity (Wildman–Crippen MR) is 80.0 cm³/mol. The molecule has 0 saturated heterocycles. The molecule has 0 heterocycles. The monoisotopic (exact) mass is 299 g/mol. The molecule has 22 heavy (non-hydrogen) atoms.